The predicted molar refractivity (Wildman–Crippen MR) is 105 cm³/mol. The number of carbonyl (C=O) groups excluding carboxylic acids is 2. The molecule has 6 nitrogen and oxygen atoms in total. The Morgan fingerprint density at radius 3 is 2.64 bits per heavy atom. The highest BCUT2D eigenvalue weighted by molar-refractivity contribution is 6.30. The third-order valence-electron chi connectivity index (χ3n) is 4.14. The first-order valence-electron chi connectivity index (χ1n) is 8.50. The van der Waals surface area contributed by atoms with Crippen molar-refractivity contribution in [2.24, 2.45) is 0 Å². The highest BCUT2D eigenvalue weighted by Gasteiger charge is 2.20. The van der Waals surface area contributed by atoms with Crippen LogP contribution in [0.5, 0.6) is 5.75 Å². The van der Waals surface area contributed by atoms with E-state index in [9.17, 15) is 9.59 Å². The van der Waals surface area contributed by atoms with Crippen LogP contribution in [0.1, 0.15) is 21.6 Å². The second-order valence-corrected chi connectivity index (χ2v) is 6.41. The number of esters is 2. The number of halogens is 1. The van der Waals surface area contributed by atoms with E-state index in [1.807, 2.05) is 31.2 Å². The predicted octanol–water partition coefficient (Wildman–Crippen LogP) is 4.11. The highest BCUT2D eigenvalue weighted by atomic mass is 35.5. The van der Waals surface area contributed by atoms with Gasteiger partial charge in [0.1, 0.15) is 12.4 Å². The molecule has 0 saturated heterocycles. The molecule has 1 heterocycles. The zero-order valence-corrected chi connectivity index (χ0v) is 16.2. The van der Waals surface area contributed by atoms with Gasteiger partial charge in [0.2, 0.25) is 0 Å². The second-order valence-electron chi connectivity index (χ2n) is 5.97. The molecule has 0 saturated carbocycles. The van der Waals surface area contributed by atoms with E-state index in [2.05, 4.69) is 4.98 Å². The van der Waals surface area contributed by atoms with Gasteiger partial charge in [-0.05, 0) is 36.8 Å². The quantitative estimate of drug-likeness (QED) is 0.581. The van der Waals surface area contributed by atoms with Crippen molar-refractivity contribution in [3.05, 3.63) is 70.4 Å². The number of aromatic nitrogens is 1. The maximum Gasteiger partial charge on any atom is 0.344 e. The third-order valence-corrected chi connectivity index (χ3v) is 4.37. The Hall–Kier alpha value is -3.12. The molecule has 0 N–H and O–H groups in total. The Morgan fingerprint density at radius 1 is 1.11 bits per heavy atom. The smallest absolute Gasteiger partial charge is 0.344 e. The van der Waals surface area contributed by atoms with Gasteiger partial charge in [0.25, 0.3) is 0 Å². The summed E-state index contributed by atoms with van der Waals surface area (Å²) in [4.78, 5) is 28.8. The first-order chi connectivity index (χ1) is 13.5. The SMILES string of the molecule is COC(=O)c1c(COC(=O)COc2cccc(Cl)c2)nc2ccccc2c1C. The normalized spacial score (nSPS) is 10.5. The summed E-state index contributed by atoms with van der Waals surface area (Å²) in [5.74, 6) is -0.667. The molecule has 0 fully saturated rings. The average Bonchev–Trinajstić information content (AvgIpc) is 2.70. The first kappa shape index (κ1) is 19.6. The van der Waals surface area contributed by atoms with Gasteiger partial charge in [-0.3, -0.25) is 0 Å². The maximum atomic E-state index is 12.2. The number of carbonyl (C=O) groups is 2. The van der Waals surface area contributed by atoms with Gasteiger partial charge in [0, 0.05) is 10.4 Å². The Kier molecular flexibility index (Phi) is 6.11. The van der Waals surface area contributed by atoms with Gasteiger partial charge in [-0.25, -0.2) is 14.6 Å². The fourth-order valence-electron chi connectivity index (χ4n) is 2.81. The second kappa shape index (κ2) is 8.71. The summed E-state index contributed by atoms with van der Waals surface area (Å²) in [5, 5.41) is 1.34. The summed E-state index contributed by atoms with van der Waals surface area (Å²) in [5.41, 5.74) is 2.05. The van der Waals surface area contributed by atoms with E-state index in [1.165, 1.54) is 7.11 Å². The molecule has 0 unspecified atom stereocenters. The summed E-state index contributed by atoms with van der Waals surface area (Å²) in [7, 11) is 1.30. The minimum Gasteiger partial charge on any atom is -0.482 e. The van der Waals surface area contributed by atoms with Crippen LogP contribution in [0.15, 0.2) is 48.5 Å². The van der Waals surface area contributed by atoms with Crippen molar-refractivity contribution in [2.45, 2.75) is 13.5 Å². The van der Waals surface area contributed by atoms with Crippen LogP contribution in [0.2, 0.25) is 5.02 Å². The van der Waals surface area contributed by atoms with E-state index in [-0.39, 0.29) is 13.2 Å². The molecule has 0 aliphatic carbocycles. The number of nitrogens with zero attached hydrogens (tertiary/aromatic N) is 1. The average molecular weight is 400 g/mol. The molecule has 0 spiro atoms. The number of ether oxygens (including phenoxy) is 3. The molecular formula is C21H18ClNO5. The largest absolute Gasteiger partial charge is 0.482 e. The summed E-state index contributed by atoms with van der Waals surface area (Å²) in [6, 6.07) is 14.1. The minimum atomic E-state index is -0.594. The van der Waals surface area contributed by atoms with Crippen molar-refractivity contribution >= 4 is 34.4 Å². The Labute approximate surface area is 167 Å². The molecule has 0 bridgehead atoms. The van der Waals surface area contributed by atoms with Crippen LogP contribution in [-0.2, 0) is 20.9 Å². The monoisotopic (exact) mass is 399 g/mol. The Balaban J connectivity index is 1.75. The van der Waals surface area contributed by atoms with Crippen LogP contribution < -0.4 is 4.74 Å². The lowest BCUT2D eigenvalue weighted by atomic mass is 10.0. The molecule has 144 valence electrons. The van der Waals surface area contributed by atoms with E-state index in [0.717, 1.165) is 10.9 Å². The van der Waals surface area contributed by atoms with Crippen LogP contribution >= 0.6 is 11.6 Å². The van der Waals surface area contributed by atoms with Gasteiger partial charge in [-0.1, -0.05) is 35.9 Å². The Bertz CT molecular complexity index is 1030. The summed E-state index contributed by atoms with van der Waals surface area (Å²) >= 11 is 5.88. The fourth-order valence-corrected chi connectivity index (χ4v) is 2.99. The third kappa shape index (κ3) is 4.40. The van der Waals surface area contributed by atoms with E-state index in [0.29, 0.717) is 27.5 Å². The summed E-state index contributed by atoms with van der Waals surface area (Å²) in [6.45, 7) is 1.35. The summed E-state index contributed by atoms with van der Waals surface area (Å²) in [6.07, 6.45) is 0. The molecule has 2 aromatic carbocycles. The summed E-state index contributed by atoms with van der Waals surface area (Å²) < 4.78 is 15.5. The number of fused-ring (bicyclic) bond motifs is 1. The molecule has 7 heteroatoms. The zero-order valence-electron chi connectivity index (χ0n) is 15.4. The number of rotatable bonds is 6. The molecule has 0 atom stereocenters. The molecule has 1 aromatic heterocycles. The number of hydrogen-bond donors (Lipinski definition) is 0. The van der Waals surface area contributed by atoms with Crippen molar-refractivity contribution in [3.63, 3.8) is 0 Å². The van der Waals surface area contributed by atoms with Crippen LogP contribution in [0.4, 0.5) is 0 Å². The molecule has 0 radical (unpaired) electrons. The number of aryl methyl sites for hydroxylation is 1. The van der Waals surface area contributed by atoms with Crippen LogP contribution in [0, 0.1) is 6.92 Å². The fraction of sp³-hybridized carbons (Fsp3) is 0.190. The van der Waals surface area contributed by atoms with Crippen molar-refractivity contribution in [1.29, 1.82) is 0 Å². The van der Waals surface area contributed by atoms with Gasteiger partial charge >= 0.3 is 11.9 Å². The number of pyridine rings is 1. The lowest BCUT2D eigenvalue weighted by Crippen LogP contribution is -2.17. The lowest BCUT2D eigenvalue weighted by molar-refractivity contribution is -0.147. The van der Waals surface area contributed by atoms with Gasteiger partial charge in [0.05, 0.1) is 23.9 Å². The zero-order chi connectivity index (χ0) is 20.1. The lowest BCUT2D eigenvalue weighted by Gasteiger charge is -2.13. The number of para-hydroxylation sites is 1. The van der Waals surface area contributed by atoms with Gasteiger partial charge in [0.15, 0.2) is 6.61 Å². The van der Waals surface area contributed by atoms with E-state index < -0.39 is 11.9 Å². The number of methoxy groups -OCH3 is 1. The molecule has 0 amide bonds. The molecule has 28 heavy (non-hydrogen) atoms. The van der Waals surface area contributed by atoms with Crippen molar-refractivity contribution in [2.75, 3.05) is 13.7 Å². The van der Waals surface area contributed by atoms with Gasteiger partial charge in [-0.15, -0.1) is 0 Å². The van der Waals surface area contributed by atoms with Crippen LogP contribution in [0.25, 0.3) is 10.9 Å². The van der Waals surface area contributed by atoms with Crippen molar-refractivity contribution < 1.29 is 23.8 Å². The maximum absolute atomic E-state index is 12.2. The minimum absolute atomic E-state index is 0.173. The van der Waals surface area contributed by atoms with Crippen LogP contribution in [-0.4, -0.2) is 30.6 Å². The molecule has 3 aromatic rings. The van der Waals surface area contributed by atoms with Crippen LogP contribution in [0.3, 0.4) is 0 Å². The van der Waals surface area contributed by atoms with E-state index in [1.54, 1.807) is 24.3 Å². The number of benzene rings is 2. The van der Waals surface area contributed by atoms with E-state index in [4.69, 9.17) is 25.8 Å². The van der Waals surface area contributed by atoms with E-state index >= 15 is 0 Å². The topological polar surface area (TPSA) is 74.7 Å². The molecule has 0 aliphatic heterocycles. The highest BCUT2D eigenvalue weighted by Crippen LogP contribution is 2.24. The molecular weight excluding hydrogens is 382 g/mol. The standard InChI is InChI=1S/C21H18ClNO5/c1-13-16-8-3-4-9-17(16)23-18(20(13)21(25)26-2)11-28-19(24)12-27-15-7-5-6-14(22)10-15/h3-10H,11-12H2,1-2H3. The van der Waals surface area contributed by atoms with Crippen molar-refractivity contribution in [1.82, 2.24) is 4.98 Å². The Morgan fingerprint density at radius 2 is 1.89 bits per heavy atom. The molecule has 3 rings (SSSR count). The first-order valence-corrected chi connectivity index (χ1v) is 8.88. The van der Waals surface area contributed by atoms with Crippen molar-refractivity contribution in [3.8, 4) is 5.75 Å². The number of hydrogen-bond acceptors (Lipinski definition) is 6. The molecule has 0 aliphatic rings. The van der Waals surface area contributed by atoms with Gasteiger partial charge < -0.3 is 14.2 Å². The van der Waals surface area contributed by atoms with Gasteiger partial charge in [-0.2, -0.15) is 0 Å².